The zero-order valence-electron chi connectivity index (χ0n) is 13.8. The summed E-state index contributed by atoms with van der Waals surface area (Å²) in [5, 5.41) is 2.91. The second-order valence-corrected chi connectivity index (χ2v) is 5.91. The van der Waals surface area contributed by atoms with Gasteiger partial charge < -0.3 is 14.8 Å². The van der Waals surface area contributed by atoms with E-state index in [9.17, 15) is 9.59 Å². The SMILES string of the molecule is CCc1ccc(OCC(=O)OC(C)C(=O)NC2CCCC2)cc1. The standard InChI is InChI=1S/C18H25NO4/c1-3-14-8-10-16(11-9-14)22-12-17(20)23-13(2)18(21)19-15-6-4-5-7-15/h8-11,13,15H,3-7,12H2,1-2H3,(H,19,21). The third kappa shape index (κ3) is 5.58. The molecule has 1 atom stereocenters. The first-order valence-corrected chi connectivity index (χ1v) is 8.30. The molecule has 0 saturated heterocycles. The summed E-state index contributed by atoms with van der Waals surface area (Å²) in [4.78, 5) is 23.7. The first-order valence-electron chi connectivity index (χ1n) is 8.30. The number of benzene rings is 1. The van der Waals surface area contributed by atoms with Crippen molar-refractivity contribution >= 4 is 11.9 Å². The van der Waals surface area contributed by atoms with Crippen molar-refractivity contribution < 1.29 is 19.1 Å². The van der Waals surface area contributed by atoms with Crippen LogP contribution in [0.4, 0.5) is 0 Å². The van der Waals surface area contributed by atoms with Gasteiger partial charge in [-0.1, -0.05) is 31.9 Å². The fourth-order valence-electron chi connectivity index (χ4n) is 2.64. The van der Waals surface area contributed by atoms with Crippen molar-refractivity contribution in [1.29, 1.82) is 0 Å². The highest BCUT2D eigenvalue weighted by Gasteiger charge is 2.23. The summed E-state index contributed by atoms with van der Waals surface area (Å²) < 4.78 is 10.5. The highest BCUT2D eigenvalue weighted by molar-refractivity contribution is 5.83. The largest absolute Gasteiger partial charge is 0.482 e. The van der Waals surface area contributed by atoms with Crippen molar-refractivity contribution in [1.82, 2.24) is 5.32 Å². The average molecular weight is 319 g/mol. The van der Waals surface area contributed by atoms with E-state index in [0.29, 0.717) is 5.75 Å². The summed E-state index contributed by atoms with van der Waals surface area (Å²) in [5.74, 6) is -0.168. The molecule has 0 bridgehead atoms. The second kappa shape index (κ2) is 8.56. The number of amides is 1. The third-order valence-electron chi connectivity index (χ3n) is 4.07. The molecule has 2 rings (SSSR count). The summed E-state index contributed by atoms with van der Waals surface area (Å²) >= 11 is 0. The molecule has 23 heavy (non-hydrogen) atoms. The van der Waals surface area contributed by atoms with Crippen LogP contribution in [0.2, 0.25) is 0 Å². The molecule has 126 valence electrons. The highest BCUT2D eigenvalue weighted by atomic mass is 16.6. The van der Waals surface area contributed by atoms with Gasteiger partial charge in [-0.05, 0) is 43.9 Å². The Balaban J connectivity index is 1.71. The van der Waals surface area contributed by atoms with Crippen molar-refractivity contribution in [3.05, 3.63) is 29.8 Å². The molecule has 0 radical (unpaired) electrons. The van der Waals surface area contributed by atoms with Gasteiger partial charge in [0, 0.05) is 6.04 Å². The van der Waals surface area contributed by atoms with Gasteiger partial charge in [0.15, 0.2) is 12.7 Å². The van der Waals surface area contributed by atoms with Crippen LogP contribution in [0.1, 0.15) is 45.1 Å². The van der Waals surface area contributed by atoms with E-state index in [-0.39, 0.29) is 18.6 Å². The number of hydrogen-bond acceptors (Lipinski definition) is 4. The Labute approximate surface area is 137 Å². The number of carbonyl (C=O) groups excluding carboxylic acids is 2. The van der Waals surface area contributed by atoms with Crippen LogP contribution in [0, 0.1) is 0 Å². The van der Waals surface area contributed by atoms with Crippen LogP contribution in [-0.2, 0) is 20.7 Å². The van der Waals surface area contributed by atoms with Crippen LogP contribution >= 0.6 is 0 Å². The van der Waals surface area contributed by atoms with Gasteiger partial charge >= 0.3 is 5.97 Å². The molecule has 1 amide bonds. The number of ether oxygens (including phenoxy) is 2. The first-order chi connectivity index (χ1) is 11.1. The molecule has 0 aliphatic heterocycles. The fraction of sp³-hybridized carbons (Fsp3) is 0.556. The predicted molar refractivity (Wildman–Crippen MR) is 87.3 cm³/mol. The Morgan fingerprint density at radius 2 is 1.87 bits per heavy atom. The minimum atomic E-state index is -0.797. The lowest BCUT2D eigenvalue weighted by molar-refractivity contribution is -0.156. The van der Waals surface area contributed by atoms with Gasteiger partial charge in [0.2, 0.25) is 0 Å². The van der Waals surface area contributed by atoms with Crippen molar-refractivity contribution in [3.63, 3.8) is 0 Å². The molecule has 0 aromatic heterocycles. The lowest BCUT2D eigenvalue weighted by Crippen LogP contribution is -2.41. The van der Waals surface area contributed by atoms with Crippen molar-refractivity contribution in [2.24, 2.45) is 0 Å². The summed E-state index contributed by atoms with van der Waals surface area (Å²) in [6.07, 6.45) is 4.45. The topological polar surface area (TPSA) is 64.6 Å². The Hall–Kier alpha value is -2.04. The number of rotatable bonds is 7. The number of carbonyl (C=O) groups is 2. The van der Waals surface area contributed by atoms with E-state index in [2.05, 4.69) is 12.2 Å². The lowest BCUT2D eigenvalue weighted by Gasteiger charge is -2.17. The molecule has 1 N–H and O–H groups in total. The number of hydrogen-bond donors (Lipinski definition) is 1. The summed E-state index contributed by atoms with van der Waals surface area (Å²) in [7, 11) is 0. The maximum absolute atomic E-state index is 12.0. The molecule has 5 heteroatoms. The van der Waals surface area contributed by atoms with Gasteiger partial charge in [0.1, 0.15) is 5.75 Å². The molecule has 5 nitrogen and oxygen atoms in total. The number of aryl methyl sites for hydroxylation is 1. The Kier molecular flexibility index (Phi) is 6.44. The maximum Gasteiger partial charge on any atom is 0.344 e. The molecule has 1 aliphatic rings. The van der Waals surface area contributed by atoms with Crippen molar-refractivity contribution in [2.45, 2.75) is 58.1 Å². The molecule has 1 saturated carbocycles. The average Bonchev–Trinajstić information content (AvgIpc) is 3.06. The normalized spacial score (nSPS) is 15.9. The quantitative estimate of drug-likeness (QED) is 0.785. The van der Waals surface area contributed by atoms with E-state index in [4.69, 9.17) is 9.47 Å². The Morgan fingerprint density at radius 1 is 1.22 bits per heavy atom. The monoisotopic (exact) mass is 319 g/mol. The summed E-state index contributed by atoms with van der Waals surface area (Å²) in [5.41, 5.74) is 1.21. The smallest absolute Gasteiger partial charge is 0.344 e. The van der Waals surface area contributed by atoms with Crippen LogP contribution in [-0.4, -0.2) is 30.6 Å². The van der Waals surface area contributed by atoms with E-state index >= 15 is 0 Å². The first kappa shape index (κ1) is 17.3. The summed E-state index contributed by atoms with van der Waals surface area (Å²) in [6, 6.07) is 7.78. The molecule has 0 spiro atoms. The number of nitrogens with one attached hydrogen (secondary N) is 1. The molecule has 1 aliphatic carbocycles. The minimum Gasteiger partial charge on any atom is -0.482 e. The molecule has 1 fully saturated rings. The van der Waals surface area contributed by atoms with Crippen LogP contribution in [0.3, 0.4) is 0 Å². The predicted octanol–water partition coefficient (Wildman–Crippen LogP) is 2.62. The molecular formula is C18H25NO4. The minimum absolute atomic E-state index is 0.202. The van der Waals surface area contributed by atoms with E-state index in [1.807, 2.05) is 24.3 Å². The van der Waals surface area contributed by atoms with Gasteiger partial charge in [-0.3, -0.25) is 4.79 Å². The van der Waals surface area contributed by atoms with Gasteiger partial charge in [0.05, 0.1) is 0 Å². The van der Waals surface area contributed by atoms with Gasteiger partial charge in [-0.25, -0.2) is 4.79 Å². The lowest BCUT2D eigenvalue weighted by atomic mass is 10.2. The summed E-state index contributed by atoms with van der Waals surface area (Å²) in [6.45, 7) is 3.45. The van der Waals surface area contributed by atoms with E-state index in [1.165, 1.54) is 5.56 Å². The molecule has 1 unspecified atom stereocenters. The van der Waals surface area contributed by atoms with Crippen LogP contribution in [0.25, 0.3) is 0 Å². The molecular weight excluding hydrogens is 294 g/mol. The molecule has 0 heterocycles. The van der Waals surface area contributed by atoms with E-state index in [0.717, 1.165) is 32.1 Å². The van der Waals surface area contributed by atoms with Crippen LogP contribution < -0.4 is 10.1 Å². The zero-order valence-corrected chi connectivity index (χ0v) is 13.8. The Bertz CT molecular complexity index is 520. The van der Waals surface area contributed by atoms with Crippen LogP contribution in [0.5, 0.6) is 5.75 Å². The van der Waals surface area contributed by atoms with Gasteiger partial charge in [-0.15, -0.1) is 0 Å². The van der Waals surface area contributed by atoms with E-state index < -0.39 is 12.1 Å². The van der Waals surface area contributed by atoms with E-state index in [1.54, 1.807) is 6.92 Å². The van der Waals surface area contributed by atoms with Gasteiger partial charge in [0.25, 0.3) is 5.91 Å². The van der Waals surface area contributed by atoms with Gasteiger partial charge in [-0.2, -0.15) is 0 Å². The second-order valence-electron chi connectivity index (χ2n) is 5.91. The maximum atomic E-state index is 12.0. The fourth-order valence-corrected chi connectivity index (χ4v) is 2.64. The molecule has 1 aromatic carbocycles. The number of esters is 1. The zero-order chi connectivity index (χ0) is 16.7. The third-order valence-corrected chi connectivity index (χ3v) is 4.07. The molecule has 1 aromatic rings. The van der Waals surface area contributed by atoms with Crippen LogP contribution in [0.15, 0.2) is 24.3 Å². The highest BCUT2D eigenvalue weighted by Crippen LogP contribution is 2.17. The Morgan fingerprint density at radius 3 is 2.48 bits per heavy atom. The van der Waals surface area contributed by atoms with Crippen molar-refractivity contribution in [2.75, 3.05) is 6.61 Å². The van der Waals surface area contributed by atoms with Crippen molar-refractivity contribution in [3.8, 4) is 5.75 Å².